The van der Waals surface area contributed by atoms with E-state index in [0.717, 1.165) is 18.4 Å². The van der Waals surface area contributed by atoms with Crippen molar-refractivity contribution in [3.63, 3.8) is 0 Å². The standard InChI is InChI=1S/C14H20N2/c1-11-3-2-4-12(5-11)8-16-9-13-6-15-7-14(13)10-16/h2-5,13-15H,6-10H2,1H3/t13-,14+. The van der Waals surface area contributed by atoms with Gasteiger partial charge in [0.25, 0.3) is 0 Å². The Morgan fingerprint density at radius 1 is 1.25 bits per heavy atom. The summed E-state index contributed by atoms with van der Waals surface area (Å²) >= 11 is 0. The molecule has 2 saturated heterocycles. The van der Waals surface area contributed by atoms with Crippen LogP contribution in [0.3, 0.4) is 0 Å². The number of hydrogen-bond acceptors (Lipinski definition) is 2. The van der Waals surface area contributed by atoms with Crippen LogP contribution in [0.1, 0.15) is 11.1 Å². The summed E-state index contributed by atoms with van der Waals surface area (Å²) in [6, 6.07) is 8.90. The molecule has 0 spiro atoms. The van der Waals surface area contributed by atoms with Crippen molar-refractivity contribution < 1.29 is 0 Å². The molecular formula is C14H20N2. The minimum Gasteiger partial charge on any atom is -0.316 e. The summed E-state index contributed by atoms with van der Waals surface area (Å²) in [6.07, 6.45) is 0. The second-order valence-electron chi connectivity index (χ2n) is 5.36. The van der Waals surface area contributed by atoms with Crippen LogP contribution in [0, 0.1) is 18.8 Å². The van der Waals surface area contributed by atoms with Gasteiger partial charge in [-0.25, -0.2) is 0 Å². The predicted octanol–water partition coefficient (Wildman–Crippen LogP) is 1.65. The molecule has 2 heterocycles. The summed E-state index contributed by atoms with van der Waals surface area (Å²) in [5.41, 5.74) is 2.84. The molecule has 2 aliphatic heterocycles. The van der Waals surface area contributed by atoms with E-state index < -0.39 is 0 Å². The zero-order chi connectivity index (χ0) is 11.0. The highest BCUT2D eigenvalue weighted by Crippen LogP contribution is 2.27. The molecule has 0 saturated carbocycles. The average Bonchev–Trinajstić information content (AvgIpc) is 2.77. The molecule has 0 aliphatic carbocycles. The third-order valence-corrected chi connectivity index (χ3v) is 3.95. The van der Waals surface area contributed by atoms with Gasteiger partial charge in [0.2, 0.25) is 0 Å². The third-order valence-electron chi connectivity index (χ3n) is 3.95. The maximum atomic E-state index is 3.49. The number of aryl methyl sites for hydroxylation is 1. The molecular weight excluding hydrogens is 196 g/mol. The second kappa shape index (κ2) is 4.19. The van der Waals surface area contributed by atoms with Gasteiger partial charge in [-0.15, -0.1) is 0 Å². The van der Waals surface area contributed by atoms with Crippen molar-refractivity contribution in [2.45, 2.75) is 13.5 Å². The van der Waals surface area contributed by atoms with E-state index in [1.54, 1.807) is 0 Å². The van der Waals surface area contributed by atoms with Crippen LogP contribution in [0.25, 0.3) is 0 Å². The summed E-state index contributed by atoms with van der Waals surface area (Å²) in [5.74, 6) is 1.81. The van der Waals surface area contributed by atoms with Crippen molar-refractivity contribution in [2.24, 2.45) is 11.8 Å². The molecule has 1 aromatic rings. The number of benzene rings is 1. The Kier molecular flexibility index (Phi) is 2.70. The van der Waals surface area contributed by atoms with Gasteiger partial charge >= 0.3 is 0 Å². The van der Waals surface area contributed by atoms with Crippen LogP contribution in [0.5, 0.6) is 0 Å². The van der Waals surface area contributed by atoms with Crippen LogP contribution in [0.2, 0.25) is 0 Å². The van der Waals surface area contributed by atoms with E-state index in [2.05, 4.69) is 41.4 Å². The van der Waals surface area contributed by atoms with Crippen molar-refractivity contribution in [1.29, 1.82) is 0 Å². The summed E-state index contributed by atoms with van der Waals surface area (Å²) < 4.78 is 0. The smallest absolute Gasteiger partial charge is 0.0234 e. The quantitative estimate of drug-likeness (QED) is 0.808. The van der Waals surface area contributed by atoms with Crippen molar-refractivity contribution in [3.05, 3.63) is 35.4 Å². The number of rotatable bonds is 2. The molecule has 2 heteroatoms. The Morgan fingerprint density at radius 3 is 2.69 bits per heavy atom. The van der Waals surface area contributed by atoms with Crippen LogP contribution < -0.4 is 5.32 Å². The minimum atomic E-state index is 0.907. The van der Waals surface area contributed by atoms with E-state index in [0.29, 0.717) is 0 Å². The third kappa shape index (κ3) is 2.00. The zero-order valence-electron chi connectivity index (χ0n) is 9.95. The molecule has 0 radical (unpaired) electrons. The van der Waals surface area contributed by atoms with Gasteiger partial charge in [0.05, 0.1) is 0 Å². The first-order valence-electron chi connectivity index (χ1n) is 6.30. The van der Waals surface area contributed by atoms with Gasteiger partial charge in [-0.3, -0.25) is 4.90 Å². The van der Waals surface area contributed by atoms with Crippen molar-refractivity contribution >= 4 is 0 Å². The summed E-state index contributed by atoms with van der Waals surface area (Å²) in [7, 11) is 0. The van der Waals surface area contributed by atoms with Gasteiger partial charge < -0.3 is 5.32 Å². The molecule has 1 N–H and O–H groups in total. The molecule has 3 rings (SSSR count). The van der Waals surface area contributed by atoms with Gasteiger partial charge in [0.15, 0.2) is 0 Å². The number of nitrogens with zero attached hydrogens (tertiary/aromatic N) is 1. The van der Waals surface area contributed by atoms with Crippen LogP contribution >= 0.6 is 0 Å². The Bertz CT molecular complexity index is 363. The molecule has 2 fully saturated rings. The Morgan fingerprint density at radius 2 is 2.00 bits per heavy atom. The highest BCUT2D eigenvalue weighted by atomic mass is 15.2. The van der Waals surface area contributed by atoms with Gasteiger partial charge in [-0.1, -0.05) is 29.8 Å². The van der Waals surface area contributed by atoms with Crippen molar-refractivity contribution in [3.8, 4) is 0 Å². The summed E-state index contributed by atoms with van der Waals surface area (Å²) in [5, 5.41) is 3.49. The first-order chi connectivity index (χ1) is 7.81. The molecule has 2 aliphatic rings. The molecule has 16 heavy (non-hydrogen) atoms. The van der Waals surface area contributed by atoms with Gasteiger partial charge in [0.1, 0.15) is 0 Å². The van der Waals surface area contributed by atoms with Crippen LogP contribution in [0.15, 0.2) is 24.3 Å². The second-order valence-corrected chi connectivity index (χ2v) is 5.36. The van der Waals surface area contributed by atoms with Crippen LogP contribution in [0.4, 0.5) is 0 Å². The van der Waals surface area contributed by atoms with Crippen LogP contribution in [-0.2, 0) is 6.54 Å². The van der Waals surface area contributed by atoms with E-state index >= 15 is 0 Å². The predicted molar refractivity (Wildman–Crippen MR) is 66.3 cm³/mol. The van der Waals surface area contributed by atoms with E-state index in [1.807, 2.05) is 0 Å². The molecule has 0 aromatic heterocycles. The van der Waals surface area contributed by atoms with E-state index in [9.17, 15) is 0 Å². The molecule has 2 atom stereocenters. The molecule has 2 nitrogen and oxygen atoms in total. The monoisotopic (exact) mass is 216 g/mol. The van der Waals surface area contributed by atoms with E-state index in [1.165, 1.54) is 37.3 Å². The van der Waals surface area contributed by atoms with E-state index in [-0.39, 0.29) is 0 Å². The lowest BCUT2D eigenvalue weighted by atomic mass is 10.0. The number of hydrogen-bond donors (Lipinski definition) is 1. The van der Waals surface area contributed by atoms with Gasteiger partial charge in [-0.2, -0.15) is 0 Å². The highest BCUT2D eigenvalue weighted by Gasteiger charge is 2.35. The topological polar surface area (TPSA) is 15.3 Å². The maximum absolute atomic E-state index is 3.49. The lowest BCUT2D eigenvalue weighted by Gasteiger charge is -2.17. The van der Waals surface area contributed by atoms with Crippen molar-refractivity contribution in [1.82, 2.24) is 10.2 Å². The van der Waals surface area contributed by atoms with Crippen LogP contribution in [-0.4, -0.2) is 31.1 Å². The minimum absolute atomic E-state index is 0.907. The highest BCUT2D eigenvalue weighted by molar-refractivity contribution is 5.22. The Balaban J connectivity index is 1.64. The summed E-state index contributed by atoms with van der Waals surface area (Å²) in [4.78, 5) is 2.62. The normalized spacial score (nSPS) is 29.6. The fourth-order valence-electron chi connectivity index (χ4n) is 3.15. The van der Waals surface area contributed by atoms with Gasteiger partial charge in [0, 0.05) is 19.6 Å². The fraction of sp³-hybridized carbons (Fsp3) is 0.571. The molecule has 0 unspecified atom stereocenters. The van der Waals surface area contributed by atoms with Gasteiger partial charge in [-0.05, 0) is 37.4 Å². The molecule has 86 valence electrons. The van der Waals surface area contributed by atoms with E-state index in [4.69, 9.17) is 0 Å². The SMILES string of the molecule is Cc1cccc(CN2C[C@H]3CNC[C@H]3C2)c1. The Labute approximate surface area is 97.6 Å². The maximum Gasteiger partial charge on any atom is 0.0234 e. The largest absolute Gasteiger partial charge is 0.316 e. The average molecular weight is 216 g/mol. The number of likely N-dealkylation sites (tertiary alicyclic amines) is 1. The fourth-order valence-corrected chi connectivity index (χ4v) is 3.15. The lowest BCUT2D eigenvalue weighted by Crippen LogP contribution is -2.25. The first-order valence-corrected chi connectivity index (χ1v) is 6.30. The lowest BCUT2D eigenvalue weighted by molar-refractivity contribution is 0.305. The number of nitrogens with one attached hydrogen (secondary N) is 1. The summed E-state index contributed by atoms with van der Waals surface area (Å²) in [6.45, 7) is 8.34. The number of fused-ring (bicyclic) bond motifs is 1. The van der Waals surface area contributed by atoms with Crippen molar-refractivity contribution in [2.75, 3.05) is 26.2 Å². The molecule has 0 amide bonds. The zero-order valence-corrected chi connectivity index (χ0v) is 9.95. The molecule has 1 aromatic carbocycles. The first kappa shape index (κ1) is 10.3. The molecule has 0 bridgehead atoms. The Hall–Kier alpha value is -0.860.